The third-order valence-corrected chi connectivity index (χ3v) is 26.5. The molecule has 0 fully saturated rings. The van der Waals surface area contributed by atoms with E-state index in [1.165, 1.54) is 513 Å². The van der Waals surface area contributed by atoms with Gasteiger partial charge in [0.1, 0.15) is 0 Å². The van der Waals surface area contributed by atoms with Crippen LogP contribution in [0.5, 0.6) is 0 Å². The second kappa shape index (κ2) is 82.5. The normalized spacial score (nSPS) is 12.5. The number of aryl methyl sites for hydroxylation is 4. The Morgan fingerprint density at radius 2 is 0.446 bits per heavy atom. The first-order valence-corrected chi connectivity index (χ1v) is 53.1. The minimum absolute atomic E-state index is 0.938. The van der Waals surface area contributed by atoms with Gasteiger partial charge >= 0.3 is 166 Å². The molecular weight excluding hydrogens is 1400 g/mol. The molecule has 3 rings (SSSR count). The summed E-state index contributed by atoms with van der Waals surface area (Å²) in [6, 6.07) is 9.81. The summed E-state index contributed by atoms with van der Waals surface area (Å²) in [5, 5.41) is 2.87. The molecule has 0 radical (unpaired) electrons. The van der Waals surface area contributed by atoms with Crippen molar-refractivity contribution in [2.45, 2.75) is 587 Å². The summed E-state index contributed by atoms with van der Waals surface area (Å²) in [5.74, 6) is 0. The zero-order chi connectivity index (χ0) is 80.6. The number of benzene rings is 2. The number of allylic oxidation sites excluding steroid dienone is 4. The zero-order valence-corrected chi connectivity index (χ0v) is 78.7. The van der Waals surface area contributed by atoms with Gasteiger partial charge in [-0.05, 0) is 148 Å². The molecule has 2 aromatic rings. The fourth-order valence-electron chi connectivity index (χ4n) is 17.5. The van der Waals surface area contributed by atoms with Crippen LogP contribution in [0.3, 0.4) is 0 Å². The summed E-state index contributed by atoms with van der Waals surface area (Å²) >= 11 is 2.05. The predicted molar refractivity (Wildman–Crippen MR) is 505 cm³/mol. The van der Waals surface area contributed by atoms with Gasteiger partial charge in [0.2, 0.25) is 11.4 Å². The molecule has 3 heteroatoms. The Kier molecular flexibility index (Phi) is 77.9. The Morgan fingerprint density at radius 1 is 0.241 bits per heavy atom. The van der Waals surface area contributed by atoms with Crippen LogP contribution in [0.2, 0.25) is 10.8 Å². The van der Waals surface area contributed by atoms with Crippen LogP contribution in [-0.4, -0.2) is 4.70 Å². The second-order valence-electron chi connectivity index (χ2n) is 36.0. The Balaban J connectivity index is 0.000000763. The average molecular weight is 1600 g/mol. The molecule has 0 saturated heterocycles. The summed E-state index contributed by atoms with van der Waals surface area (Å²) in [6.45, 7) is 20.8. The van der Waals surface area contributed by atoms with Crippen molar-refractivity contribution >= 4 is 11.4 Å². The van der Waals surface area contributed by atoms with Crippen LogP contribution in [0.1, 0.15) is 582 Å². The second-order valence-corrected chi connectivity index (χ2v) is 37.5. The van der Waals surface area contributed by atoms with E-state index in [4.69, 9.17) is 0 Å². The van der Waals surface area contributed by atoms with E-state index in [9.17, 15) is 5.53 Å². The summed E-state index contributed by atoms with van der Waals surface area (Å²) in [4.78, 5) is 0. The first kappa shape index (κ1) is 106. The first-order chi connectivity index (χ1) is 55.4. The first-order valence-electron chi connectivity index (χ1n) is 51.7. The molecule has 0 aliphatic carbocycles. The van der Waals surface area contributed by atoms with E-state index in [-0.39, 0.29) is 0 Å². The fourth-order valence-corrected chi connectivity index (χ4v) is 18.8. The van der Waals surface area contributed by atoms with Crippen LogP contribution in [0, 0.1) is 0 Å². The molecule has 0 saturated carbocycles. The van der Waals surface area contributed by atoms with Gasteiger partial charge in [-0.3, -0.25) is 0 Å². The van der Waals surface area contributed by atoms with Gasteiger partial charge in [0, 0.05) is 17.2 Å². The minimum Gasteiger partial charge on any atom is -0.0654 e. The van der Waals surface area contributed by atoms with Crippen molar-refractivity contribution in [1.29, 1.82) is 0 Å². The van der Waals surface area contributed by atoms with Crippen LogP contribution in [0.25, 0.3) is 16.9 Å². The molecule has 1 aliphatic heterocycles. The van der Waals surface area contributed by atoms with Crippen molar-refractivity contribution in [3.8, 4) is 0 Å². The Morgan fingerprint density at radius 3 is 0.688 bits per heavy atom. The molecule has 1 aliphatic rings. The van der Waals surface area contributed by atoms with Gasteiger partial charge in [-0.1, -0.05) is 357 Å². The molecule has 0 atom stereocenters. The van der Waals surface area contributed by atoms with Crippen LogP contribution in [-0.2, 0) is 53.0 Å². The number of unbranched alkanes of at least 4 members (excludes halogenated alkanes) is 65. The Bertz CT molecular complexity index is 2340. The summed E-state index contributed by atoms with van der Waals surface area (Å²) in [5.41, 5.74) is 27.1. The molecular formula is C109H198N2Ni. The van der Waals surface area contributed by atoms with Crippen LogP contribution in [0.15, 0.2) is 48.1 Å². The van der Waals surface area contributed by atoms with Gasteiger partial charge in [0.15, 0.2) is 0 Å². The van der Waals surface area contributed by atoms with Crippen molar-refractivity contribution in [2.24, 2.45) is 0 Å². The van der Waals surface area contributed by atoms with E-state index >= 15 is 0 Å². The molecule has 0 spiro atoms. The molecule has 112 heavy (non-hydrogen) atoms. The number of nitrogens with zero attached hydrogens (tertiary/aromatic N) is 2. The van der Waals surface area contributed by atoms with Gasteiger partial charge in [-0.2, -0.15) is 0 Å². The van der Waals surface area contributed by atoms with E-state index in [0.717, 1.165) is 61.9 Å². The standard InChI is InChI=1S/C51H80N2.2C29H59.Ni/c1-8-15-22-23-24-25-26-27-28-33-45-40-50(46-36-41(29-16-9-2)48(34-20-13-6)42(37-46)30-17-10-3)53(52)51(45)47-38-43(31-18-11-4)49(35-21-14-7)44(39-47)32-19-12-5;2*1-3-5-7-9-11-13-15-17-19-21-23-25-27-29-28-26-24-22-20-18-16-14-12-10-8-6-4-2;/h28,33,36-40H,8-27,29-32,34-35H2,1-7H3;2*1,3-29H2,2H3;. The number of hydrogen-bond acceptors (Lipinski definition) is 0. The quantitative estimate of drug-likeness (QED) is 0.0358. The van der Waals surface area contributed by atoms with E-state index in [1.807, 2.05) is 0 Å². The summed E-state index contributed by atoms with van der Waals surface area (Å²) in [6.07, 6.45) is 119. The third kappa shape index (κ3) is 58.6. The fraction of sp³-hybridized carbons (Fsp3) is 0.835. The van der Waals surface area contributed by atoms with E-state index in [1.54, 1.807) is 15.8 Å². The maximum atomic E-state index is 12.4. The van der Waals surface area contributed by atoms with Crippen LogP contribution >= 0.6 is 0 Å². The van der Waals surface area contributed by atoms with E-state index in [0.29, 0.717) is 0 Å². The van der Waals surface area contributed by atoms with Crippen LogP contribution < -0.4 is 0 Å². The van der Waals surface area contributed by atoms with Crippen molar-refractivity contribution in [3.05, 3.63) is 98.1 Å². The van der Waals surface area contributed by atoms with Crippen molar-refractivity contribution in [2.75, 3.05) is 0 Å². The molecule has 654 valence electrons. The van der Waals surface area contributed by atoms with Gasteiger partial charge in [0.05, 0.1) is 5.57 Å². The summed E-state index contributed by atoms with van der Waals surface area (Å²) in [7, 11) is 0. The van der Waals surface area contributed by atoms with E-state index in [2.05, 4.69) is 119 Å². The zero-order valence-electron chi connectivity index (χ0n) is 77.7. The Labute approximate surface area is 710 Å². The van der Waals surface area contributed by atoms with Crippen molar-refractivity contribution < 1.29 is 19.1 Å². The van der Waals surface area contributed by atoms with Gasteiger partial charge < -0.3 is 5.53 Å². The molecule has 1 heterocycles. The third-order valence-electron chi connectivity index (χ3n) is 25.1. The molecule has 2 nitrogen and oxygen atoms in total. The van der Waals surface area contributed by atoms with Crippen molar-refractivity contribution in [1.82, 2.24) is 0 Å². The van der Waals surface area contributed by atoms with E-state index < -0.39 is 0 Å². The minimum atomic E-state index is 0.938. The van der Waals surface area contributed by atoms with Gasteiger partial charge in [-0.15, -0.1) is 0 Å². The molecule has 0 unspecified atom stereocenters. The van der Waals surface area contributed by atoms with Crippen molar-refractivity contribution in [3.63, 3.8) is 0 Å². The molecule has 0 aromatic heterocycles. The molecule has 0 amide bonds. The smallest absolute Gasteiger partial charge is 0.0654 e. The van der Waals surface area contributed by atoms with Gasteiger partial charge in [-0.25, -0.2) is 4.70 Å². The number of hydrogen-bond donors (Lipinski definition) is 0. The topological polar surface area (TPSA) is 25.3 Å². The molecule has 0 N–H and O–H groups in total. The Hall–Kier alpha value is -2.25. The monoisotopic (exact) mass is 1590 g/mol. The SMILES string of the molecule is CCCCCCCCCC=CC1=C(c2cc(CCCC)c(CCCC)c(CCCC)c2)[N+](=[N-])C(c2cc(CCCC)c(CCCC)c(CCCC)c2)=C1.CCCCCCCCCCCCCCCCCCCCCCCCCCCC[CH2][Ni][CH2]CCCCCCCCCCCCCCCCCCCCCCCCCCCC. The summed E-state index contributed by atoms with van der Waals surface area (Å²) < 4.78 is 1.58. The predicted octanol–water partition coefficient (Wildman–Crippen LogP) is 39.2. The maximum absolute atomic E-state index is 12.4. The van der Waals surface area contributed by atoms with Gasteiger partial charge in [0.25, 0.3) is 0 Å². The molecule has 2 aromatic carbocycles. The number of rotatable bonds is 85. The molecule has 0 bridgehead atoms. The van der Waals surface area contributed by atoms with Crippen LogP contribution in [0.4, 0.5) is 0 Å². The average Bonchev–Trinajstić information content (AvgIpc) is 1.60.